The maximum absolute atomic E-state index is 12.7. The number of hydrogen-bond donors (Lipinski definition) is 1. The molecule has 0 aliphatic heterocycles. The highest BCUT2D eigenvalue weighted by Gasteiger charge is 2.32. The predicted molar refractivity (Wildman–Crippen MR) is 76.8 cm³/mol. The van der Waals surface area contributed by atoms with Crippen molar-refractivity contribution < 1.29 is 35.3 Å². The first-order valence-electron chi connectivity index (χ1n) is 6.28. The van der Waals surface area contributed by atoms with E-state index in [1.54, 1.807) is 20.8 Å². The van der Waals surface area contributed by atoms with Crippen LogP contribution in [0.2, 0.25) is 0 Å². The van der Waals surface area contributed by atoms with Crippen molar-refractivity contribution in [3.63, 3.8) is 0 Å². The fourth-order valence-electron chi connectivity index (χ4n) is 1.45. The van der Waals surface area contributed by atoms with Crippen LogP contribution < -0.4 is 9.50 Å². The molecule has 1 rings (SSSR count). The van der Waals surface area contributed by atoms with E-state index in [4.69, 9.17) is 4.74 Å². The standard InChI is InChI=1S/C13H16F3NO5S/c1-12(2,3)21-11(18)17-9-7-8(13(14,15)16)5-6-10(9)22-23(4,19)20/h5-7H,1-4H3,(H,17,18). The van der Waals surface area contributed by atoms with Gasteiger partial charge in [-0.3, -0.25) is 5.32 Å². The number of benzene rings is 1. The average molecular weight is 355 g/mol. The van der Waals surface area contributed by atoms with Gasteiger partial charge in [0.1, 0.15) is 5.60 Å². The summed E-state index contributed by atoms with van der Waals surface area (Å²) >= 11 is 0. The molecule has 0 aromatic heterocycles. The third kappa shape index (κ3) is 6.76. The van der Waals surface area contributed by atoms with E-state index in [-0.39, 0.29) is 0 Å². The molecule has 0 unspecified atom stereocenters. The Morgan fingerprint density at radius 1 is 1.17 bits per heavy atom. The molecule has 1 amide bonds. The summed E-state index contributed by atoms with van der Waals surface area (Å²) in [5.74, 6) is -0.452. The normalized spacial score (nSPS) is 12.7. The monoisotopic (exact) mass is 355 g/mol. The van der Waals surface area contributed by atoms with Crippen LogP contribution in [0.1, 0.15) is 26.3 Å². The second-order valence-corrected chi connectivity index (χ2v) is 7.20. The lowest BCUT2D eigenvalue weighted by Crippen LogP contribution is -2.27. The molecule has 1 N–H and O–H groups in total. The zero-order chi connectivity index (χ0) is 18.1. The summed E-state index contributed by atoms with van der Waals surface area (Å²) in [5.41, 5.74) is -2.44. The van der Waals surface area contributed by atoms with Crippen LogP contribution in [0.25, 0.3) is 0 Å². The molecule has 0 heterocycles. The zero-order valence-corrected chi connectivity index (χ0v) is 13.6. The molecule has 6 nitrogen and oxygen atoms in total. The first-order chi connectivity index (χ1) is 10.2. The van der Waals surface area contributed by atoms with E-state index in [2.05, 4.69) is 9.50 Å². The molecule has 0 bridgehead atoms. The Kier molecular flexibility index (Phi) is 5.20. The molecule has 0 aliphatic carbocycles. The second-order valence-electron chi connectivity index (χ2n) is 5.62. The van der Waals surface area contributed by atoms with Gasteiger partial charge in [-0.2, -0.15) is 21.6 Å². The molecule has 0 saturated carbocycles. The van der Waals surface area contributed by atoms with Gasteiger partial charge < -0.3 is 8.92 Å². The van der Waals surface area contributed by atoms with Gasteiger partial charge in [0.15, 0.2) is 5.75 Å². The Morgan fingerprint density at radius 2 is 1.74 bits per heavy atom. The van der Waals surface area contributed by atoms with E-state index in [1.807, 2.05) is 0 Å². The van der Waals surface area contributed by atoms with Crippen LogP contribution >= 0.6 is 0 Å². The van der Waals surface area contributed by atoms with Crippen LogP contribution in [0, 0.1) is 0 Å². The number of anilines is 1. The van der Waals surface area contributed by atoms with E-state index >= 15 is 0 Å². The Bertz CT molecular complexity index is 693. The van der Waals surface area contributed by atoms with Crippen molar-refractivity contribution in [1.82, 2.24) is 0 Å². The number of alkyl halides is 3. The van der Waals surface area contributed by atoms with Crippen LogP contribution in [0.5, 0.6) is 5.75 Å². The minimum absolute atomic E-state index is 0.452. The van der Waals surface area contributed by atoms with Crippen LogP contribution in [0.3, 0.4) is 0 Å². The molecule has 0 aliphatic rings. The Balaban J connectivity index is 3.20. The van der Waals surface area contributed by atoms with Gasteiger partial charge in [0, 0.05) is 0 Å². The number of rotatable bonds is 3. The van der Waals surface area contributed by atoms with E-state index in [1.165, 1.54) is 0 Å². The first kappa shape index (κ1) is 19.1. The number of hydrogen-bond acceptors (Lipinski definition) is 5. The lowest BCUT2D eigenvalue weighted by molar-refractivity contribution is -0.137. The van der Waals surface area contributed by atoms with E-state index < -0.39 is 45.0 Å². The number of amides is 1. The van der Waals surface area contributed by atoms with Crippen LogP contribution in [-0.2, 0) is 21.0 Å². The summed E-state index contributed by atoms with van der Waals surface area (Å²) in [4.78, 5) is 11.7. The van der Waals surface area contributed by atoms with Crippen LogP contribution in [-0.4, -0.2) is 26.4 Å². The smallest absolute Gasteiger partial charge is 0.416 e. The molecule has 0 radical (unpaired) electrons. The molecule has 0 saturated heterocycles. The quantitative estimate of drug-likeness (QED) is 0.841. The zero-order valence-electron chi connectivity index (χ0n) is 12.8. The summed E-state index contributed by atoms with van der Waals surface area (Å²) in [6, 6.07) is 2.00. The largest absolute Gasteiger partial charge is 0.444 e. The molecule has 10 heteroatoms. The van der Waals surface area contributed by atoms with E-state index in [0.29, 0.717) is 12.1 Å². The van der Waals surface area contributed by atoms with Gasteiger partial charge in [-0.25, -0.2) is 4.79 Å². The van der Waals surface area contributed by atoms with Gasteiger partial charge in [-0.05, 0) is 39.0 Å². The number of carbonyl (C=O) groups excluding carboxylic acids is 1. The summed E-state index contributed by atoms with van der Waals surface area (Å²) in [7, 11) is -3.99. The summed E-state index contributed by atoms with van der Waals surface area (Å²) in [5, 5.41) is 2.05. The highest BCUT2D eigenvalue weighted by atomic mass is 32.2. The minimum atomic E-state index is -4.67. The SMILES string of the molecule is CC(C)(C)OC(=O)Nc1cc(C(F)(F)F)ccc1OS(C)(=O)=O. The Labute approximate surface area is 131 Å². The summed E-state index contributed by atoms with van der Waals surface area (Å²) < 4.78 is 70.0. The molecule has 0 spiro atoms. The topological polar surface area (TPSA) is 81.7 Å². The number of nitrogens with one attached hydrogen (secondary N) is 1. The summed E-state index contributed by atoms with van der Waals surface area (Å²) in [6.07, 6.45) is -4.99. The van der Waals surface area contributed by atoms with Crippen LogP contribution in [0.4, 0.5) is 23.7 Å². The Morgan fingerprint density at radius 3 is 2.17 bits per heavy atom. The summed E-state index contributed by atoms with van der Waals surface area (Å²) in [6.45, 7) is 4.69. The van der Waals surface area contributed by atoms with Crippen molar-refractivity contribution in [2.24, 2.45) is 0 Å². The first-order valence-corrected chi connectivity index (χ1v) is 8.10. The molecule has 1 aromatic carbocycles. The van der Waals surface area contributed by atoms with Gasteiger partial charge in [0.25, 0.3) is 0 Å². The molecular formula is C13H16F3NO5S. The molecular weight excluding hydrogens is 339 g/mol. The number of ether oxygens (including phenoxy) is 1. The average Bonchev–Trinajstić information content (AvgIpc) is 2.25. The van der Waals surface area contributed by atoms with Crippen molar-refractivity contribution in [3.05, 3.63) is 23.8 Å². The maximum Gasteiger partial charge on any atom is 0.416 e. The van der Waals surface area contributed by atoms with Crippen molar-refractivity contribution in [1.29, 1.82) is 0 Å². The predicted octanol–water partition coefficient (Wildman–Crippen LogP) is 3.39. The minimum Gasteiger partial charge on any atom is -0.444 e. The molecule has 130 valence electrons. The van der Waals surface area contributed by atoms with Crippen molar-refractivity contribution in [2.45, 2.75) is 32.5 Å². The molecule has 23 heavy (non-hydrogen) atoms. The number of halogens is 3. The van der Waals surface area contributed by atoms with Crippen molar-refractivity contribution >= 4 is 21.9 Å². The fourth-order valence-corrected chi connectivity index (χ4v) is 1.92. The second kappa shape index (κ2) is 6.26. The number of carbonyl (C=O) groups is 1. The third-order valence-corrected chi connectivity index (χ3v) is 2.67. The van der Waals surface area contributed by atoms with Crippen LogP contribution in [0.15, 0.2) is 18.2 Å². The molecule has 0 fully saturated rings. The highest BCUT2D eigenvalue weighted by molar-refractivity contribution is 7.86. The van der Waals surface area contributed by atoms with Gasteiger partial charge in [0.05, 0.1) is 17.5 Å². The van der Waals surface area contributed by atoms with Gasteiger partial charge in [0.2, 0.25) is 0 Å². The lowest BCUT2D eigenvalue weighted by atomic mass is 10.2. The van der Waals surface area contributed by atoms with Gasteiger partial charge in [-0.15, -0.1) is 0 Å². The lowest BCUT2D eigenvalue weighted by Gasteiger charge is -2.20. The third-order valence-electron chi connectivity index (χ3n) is 2.18. The Hall–Kier alpha value is -1.97. The van der Waals surface area contributed by atoms with Gasteiger partial charge >= 0.3 is 22.4 Å². The van der Waals surface area contributed by atoms with Crippen molar-refractivity contribution in [2.75, 3.05) is 11.6 Å². The maximum atomic E-state index is 12.7. The fraction of sp³-hybridized carbons (Fsp3) is 0.462. The van der Waals surface area contributed by atoms with Crippen molar-refractivity contribution in [3.8, 4) is 5.75 Å². The molecule has 0 atom stereocenters. The van der Waals surface area contributed by atoms with E-state index in [0.717, 1.165) is 12.3 Å². The highest BCUT2D eigenvalue weighted by Crippen LogP contribution is 2.35. The van der Waals surface area contributed by atoms with Gasteiger partial charge in [-0.1, -0.05) is 0 Å². The molecule has 1 aromatic rings. The van der Waals surface area contributed by atoms with E-state index in [9.17, 15) is 26.4 Å².